The number of carbonyl (C=O) groups excluding carboxylic acids is 1. The second kappa shape index (κ2) is 8.76. The molecule has 2 aromatic carbocycles. The number of rotatable bonds is 7. The van der Waals surface area contributed by atoms with Crippen molar-refractivity contribution in [2.24, 2.45) is 0 Å². The number of hydrogen-bond acceptors (Lipinski definition) is 3. The van der Waals surface area contributed by atoms with Crippen molar-refractivity contribution < 1.29 is 14.3 Å². The maximum absolute atomic E-state index is 12.3. The number of amides is 1. The molecule has 0 bridgehead atoms. The van der Waals surface area contributed by atoms with Gasteiger partial charge in [-0.25, -0.2) is 0 Å². The van der Waals surface area contributed by atoms with Gasteiger partial charge in [0.15, 0.2) is 11.5 Å². The Labute approximate surface area is 161 Å². The highest BCUT2D eigenvalue weighted by atomic mass is 16.5. The minimum Gasteiger partial charge on any atom is -0.493 e. The molecule has 142 valence electrons. The van der Waals surface area contributed by atoms with Gasteiger partial charge in [-0.15, -0.1) is 0 Å². The summed E-state index contributed by atoms with van der Waals surface area (Å²) in [5.74, 6) is 1.39. The predicted molar refractivity (Wildman–Crippen MR) is 108 cm³/mol. The molecule has 1 aliphatic carbocycles. The first-order chi connectivity index (χ1) is 13.2. The summed E-state index contributed by atoms with van der Waals surface area (Å²) < 4.78 is 10.8. The molecule has 0 spiro atoms. The fraction of sp³-hybridized carbons (Fsp3) is 0.348. The van der Waals surface area contributed by atoms with Crippen LogP contribution in [0.4, 0.5) is 0 Å². The third kappa shape index (κ3) is 4.51. The van der Waals surface area contributed by atoms with Gasteiger partial charge in [-0.3, -0.25) is 4.79 Å². The Morgan fingerprint density at radius 3 is 2.41 bits per heavy atom. The van der Waals surface area contributed by atoms with Crippen LogP contribution in [0, 0.1) is 0 Å². The molecule has 1 amide bonds. The van der Waals surface area contributed by atoms with Gasteiger partial charge in [-0.1, -0.05) is 49.2 Å². The summed E-state index contributed by atoms with van der Waals surface area (Å²) in [4.78, 5) is 12.3. The molecule has 1 saturated carbocycles. The first-order valence-electron chi connectivity index (χ1n) is 9.40. The first kappa shape index (κ1) is 19.0. The molecule has 3 rings (SSSR count). The second-order valence-electron chi connectivity index (χ2n) is 7.02. The molecule has 0 aliphatic heterocycles. The maximum Gasteiger partial charge on any atom is 0.244 e. The summed E-state index contributed by atoms with van der Waals surface area (Å²) in [6, 6.07) is 15.9. The lowest BCUT2D eigenvalue weighted by Gasteiger charge is -2.30. The summed E-state index contributed by atoms with van der Waals surface area (Å²) >= 11 is 0. The SMILES string of the molecule is COc1ccc(C2(CNC(=O)/C=C/c3ccccc3)CCCC2)cc1OC. The van der Waals surface area contributed by atoms with Gasteiger partial charge in [-0.2, -0.15) is 0 Å². The standard InChI is InChI=1S/C23H27NO3/c1-26-20-12-11-19(16-21(20)27-2)23(14-6-7-15-23)17-24-22(25)13-10-18-8-4-3-5-9-18/h3-5,8-13,16H,6-7,14-15,17H2,1-2H3,(H,24,25)/b13-10+. The third-order valence-electron chi connectivity index (χ3n) is 5.38. The summed E-state index contributed by atoms with van der Waals surface area (Å²) in [7, 11) is 3.29. The highest BCUT2D eigenvalue weighted by molar-refractivity contribution is 5.91. The lowest BCUT2D eigenvalue weighted by Crippen LogP contribution is -2.38. The average molecular weight is 365 g/mol. The minimum atomic E-state index is -0.0643. The summed E-state index contributed by atoms with van der Waals surface area (Å²) in [6.45, 7) is 0.625. The van der Waals surface area contributed by atoms with Crippen molar-refractivity contribution in [1.82, 2.24) is 5.32 Å². The number of ether oxygens (including phenoxy) is 2. The van der Waals surface area contributed by atoms with Gasteiger partial charge in [0, 0.05) is 18.0 Å². The molecule has 4 heteroatoms. The molecule has 27 heavy (non-hydrogen) atoms. The van der Waals surface area contributed by atoms with Crippen LogP contribution < -0.4 is 14.8 Å². The zero-order chi connectivity index (χ0) is 19.1. The Bertz CT molecular complexity index is 793. The van der Waals surface area contributed by atoms with Crippen LogP contribution in [-0.4, -0.2) is 26.7 Å². The minimum absolute atomic E-state index is 0.0458. The van der Waals surface area contributed by atoms with Crippen LogP contribution in [-0.2, 0) is 10.2 Å². The molecule has 4 nitrogen and oxygen atoms in total. The fourth-order valence-corrected chi connectivity index (χ4v) is 3.84. The second-order valence-corrected chi connectivity index (χ2v) is 7.02. The van der Waals surface area contributed by atoms with E-state index in [0.29, 0.717) is 6.54 Å². The molecule has 2 aromatic rings. The van der Waals surface area contributed by atoms with E-state index >= 15 is 0 Å². The monoisotopic (exact) mass is 365 g/mol. The number of carbonyl (C=O) groups is 1. The highest BCUT2D eigenvalue weighted by Gasteiger charge is 2.36. The van der Waals surface area contributed by atoms with Crippen molar-refractivity contribution in [3.05, 3.63) is 65.7 Å². The number of methoxy groups -OCH3 is 2. The first-order valence-corrected chi connectivity index (χ1v) is 9.40. The van der Waals surface area contributed by atoms with Gasteiger partial charge in [0.2, 0.25) is 5.91 Å². The lowest BCUT2D eigenvalue weighted by atomic mass is 9.78. The van der Waals surface area contributed by atoms with E-state index in [4.69, 9.17) is 9.47 Å². The predicted octanol–water partition coefficient (Wildman–Crippen LogP) is 4.35. The van der Waals surface area contributed by atoms with E-state index < -0.39 is 0 Å². The Hall–Kier alpha value is -2.75. The van der Waals surface area contributed by atoms with E-state index in [9.17, 15) is 4.79 Å². The van der Waals surface area contributed by atoms with Gasteiger partial charge in [-0.05, 0) is 42.2 Å². The van der Waals surface area contributed by atoms with E-state index in [-0.39, 0.29) is 11.3 Å². The van der Waals surface area contributed by atoms with Gasteiger partial charge < -0.3 is 14.8 Å². The van der Waals surface area contributed by atoms with Crippen LogP contribution in [0.1, 0.15) is 36.8 Å². The van der Waals surface area contributed by atoms with Crippen LogP contribution in [0.25, 0.3) is 6.08 Å². The van der Waals surface area contributed by atoms with Gasteiger partial charge in [0.05, 0.1) is 14.2 Å². The maximum atomic E-state index is 12.3. The van der Waals surface area contributed by atoms with Crippen LogP contribution in [0.5, 0.6) is 11.5 Å². The zero-order valence-corrected chi connectivity index (χ0v) is 16.0. The van der Waals surface area contributed by atoms with E-state index in [1.165, 1.54) is 18.4 Å². The summed E-state index contributed by atoms with van der Waals surface area (Å²) in [5.41, 5.74) is 2.17. The van der Waals surface area contributed by atoms with Crippen LogP contribution in [0.15, 0.2) is 54.6 Å². The molecule has 0 aromatic heterocycles. The van der Waals surface area contributed by atoms with Crippen molar-refractivity contribution in [3.8, 4) is 11.5 Å². The van der Waals surface area contributed by atoms with Crippen LogP contribution >= 0.6 is 0 Å². The number of hydrogen-bond donors (Lipinski definition) is 1. The molecule has 1 aliphatic rings. The van der Waals surface area contributed by atoms with E-state index in [2.05, 4.69) is 17.4 Å². The largest absolute Gasteiger partial charge is 0.493 e. The molecule has 1 N–H and O–H groups in total. The Morgan fingerprint density at radius 1 is 1.04 bits per heavy atom. The van der Waals surface area contributed by atoms with Crippen molar-refractivity contribution in [1.29, 1.82) is 0 Å². The van der Waals surface area contributed by atoms with Gasteiger partial charge in [0.25, 0.3) is 0 Å². The van der Waals surface area contributed by atoms with E-state index in [1.807, 2.05) is 42.5 Å². The highest BCUT2D eigenvalue weighted by Crippen LogP contribution is 2.43. The van der Waals surface area contributed by atoms with E-state index in [0.717, 1.165) is 29.9 Å². The molecule has 1 fully saturated rings. The Balaban J connectivity index is 1.72. The topological polar surface area (TPSA) is 47.6 Å². The summed E-state index contributed by atoms with van der Waals surface area (Å²) in [5, 5.41) is 3.10. The van der Waals surface area contributed by atoms with Crippen LogP contribution in [0.3, 0.4) is 0 Å². The Kier molecular flexibility index (Phi) is 6.17. The number of nitrogens with one attached hydrogen (secondary N) is 1. The summed E-state index contributed by atoms with van der Waals surface area (Å²) in [6.07, 6.45) is 7.91. The van der Waals surface area contributed by atoms with Crippen molar-refractivity contribution in [2.75, 3.05) is 20.8 Å². The van der Waals surface area contributed by atoms with Crippen molar-refractivity contribution >= 4 is 12.0 Å². The molecular weight excluding hydrogens is 338 g/mol. The average Bonchev–Trinajstić information content (AvgIpc) is 3.21. The smallest absolute Gasteiger partial charge is 0.244 e. The molecule has 0 saturated heterocycles. The third-order valence-corrected chi connectivity index (χ3v) is 5.38. The fourth-order valence-electron chi connectivity index (χ4n) is 3.84. The zero-order valence-electron chi connectivity index (χ0n) is 16.0. The molecule has 0 heterocycles. The van der Waals surface area contributed by atoms with E-state index in [1.54, 1.807) is 20.3 Å². The molecular formula is C23H27NO3. The number of benzene rings is 2. The molecule has 0 atom stereocenters. The van der Waals surface area contributed by atoms with Crippen molar-refractivity contribution in [2.45, 2.75) is 31.1 Å². The lowest BCUT2D eigenvalue weighted by molar-refractivity contribution is -0.116. The van der Waals surface area contributed by atoms with Crippen molar-refractivity contribution in [3.63, 3.8) is 0 Å². The quantitative estimate of drug-likeness (QED) is 0.742. The van der Waals surface area contributed by atoms with Crippen LogP contribution in [0.2, 0.25) is 0 Å². The Morgan fingerprint density at radius 2 is 1.74 bits per heavy atom. The van der Waals surface area contributed by atoms with Gasteiger partial charge >= 0.3 is 0 Å². The normalized spacial score (nSPS) is 15.6. The molecule has 0 unspecified atom stereocenters. The molecule has 0 radical (unpaired) electrons. The van der Waals surface area contributed by atoms with Gasteiger partial charge in [0.1, 0.15) is 0 Å².